The second-order valence-corrected chi connectivity index (χ2v) is 6.13. The molecule has 2 amide bonds. The Bertz CT molecular complexity index is 657. The van der Waals surface area contributed by atoms with Crippen molar-refractivity contribution in [3.05, 3.63) is 28.8 Å². The van der Waals surface area contributed by atoms with Gasteiger partial charge in [-0.3, -0.25) is 9.59 Å². The van der Waals surface area contributed by atoms with Gasteiger partial charge in [-0.05, 0) is 24.7 Å². The van der Waals surface area contributed by atoms with Gasteiger partial charge in [0.25, 0.3) is 0 Å². The largest absolute Gasteiger partial charge is 0.465 e. The minimum atomic E-state index is -0.531. The van der Waals surface area contributed by atoms with Crippen molar-refractivity contribution in [2.75, 3.05) is 45.2 Å². The number of amides is 2. The number of anilines is 1. The maximum absolute atomic E-state index is 12.2. The van der Waals surface area contributed by atoms with Crippen LogP contribution in [0.25, 0.3) is 0 Å². The molecule has 0 radical (unpaired) electrons. The normalized spacial score (nSPS) is 14.9. The molecule has 0 saturated carbocycles. The summed E-state index contributed by atoms with van der Waals surface area (Å²) < 4.78 is 4.64. The van der Waals surface area contributed by atoms with Crippen LogP contribution in [0.1, 0.15) is 23.7 Å². The van der Waals surface area contributed by atoms with Crippen molar-refractivity contribution in [2.24, 2.45) is 0 Å². The fourth-order valence-electron chi connectivity index (χ4n) is 2.62. The first-order valence-electron chi connectivity index (χ1n) is 8.12. The van der Waals surface area contributed by atoms with Crippen LogP contribution in [0.2, 0.25) is 5.02 Å². The second kappa shape index (κ2) is 8.82. The Morgan fingerprint density at radius 2 is 1.88 bits per heavy atom. The number of ether oxygens (including phenoxy) is 1. The van der Waals surface area contributed by atoms with Gasteiger partial charge in [0.05, 0.1) is 23.4 Å². The van der Waals surface area contributed by atoms with Crippen LogP contribution in [0.5, 0.6) is 0 Å². The van der Waals surface area contributed by atoms with Gasteiger partial charge in [0.15, 0.2) is 0 Å². The zero-order valence-electron chi connectivity index (χ0n) is 14.4. The first-order valence-corrected chi connectivity index (χ1v) is 8.50. The number of carbonyl (C=O) groups excluding carboxylic acids is 3. The number of methoxy groups -OCH3 is 1. The highest BCUT2D eigenvalue weighted by atomic mass is 35.5. The van der Waals surface area contributed by atoms with Gasteiger partial charge in [0.1, 0.15) is 6.42 Å². The number of hydrogen-bond acceptors (Lipinski definition) is 5. The van der Waals surface area contributed by atoms with E-state index in [1.165, 1.54) is 25.3 Å². The predicted octanol–water partition coefficient (Wildman–Crippen LogP) is 1.62. The molecule has 0 unspecified atom stereocenters. The molecule has 1 aromatic rings. The van der Waals surface area contributed by atoms with Gasteiger partial charge >= 0.3 is 5.97 Å². The molecule has 1 N–H and O–H groups in total. The number of nitrogens with zero attached hydrogens (tertiary/aromatic N) is 2. The van der Waals surface area contributed by atoms with Crippen LogP contribution in [0, 0.1) is 0 Å². The summed E-state index contributed by atoms with van der Waals surface area (Å²) in [5, 5.41) is 2.87. The van der Waals surface area contributed by atoms with Gasteiger partial charge in [-0.2, -0.15) is 0 Å². The van der Waals surface area contributed by atoms with Crippen molar-refractivity contribution in [3.8, 4) is 0 Å². The molecule has 8 heteroatoms. The number of piperazine rings is 1. The Balaban J connectivity index is 1.94. The van der Waals surface area contributed by atoms with Crippen LogP contribution in [0.4, 0.5) is 5.69 Å². The first kappa shape index (κ1) is 19.2. The lowest BCUT2D eigenvalue weighted by Gasteiger charge is -2.34. The lowest BCUT2D eigenvalue weighted by Crippen LogP contribution is -2.49. The minimum absolute atomic E-state index is 0.214. The number of rotatable bonds is 5. The quantitative estimate of drug-likeness (QED) is 0.632. The molecule has 1 aromatic carbocycles. The summed E-state index contributed by atoms with van der Waals surface area (Å²) in [6.45, 7) is 5.92. The van der Waals surface area contributed by atoms with Crippen LogP contribution in [-0.4, -0.2) is 67.4 Å². The minimum Gasteiger partial charge on any atom is -0.465 e. The van der Waals surface area contributed by atoms with E-state index in [0.717, 1.165) is 19.6 Å². The lowest BCUT2D eigenvalue weighted by atomic mass is 10.2. The van der Waals surface area contributed by atoms with E-state index in [9.17, 15) is 14.4 Å². The third-order valence-corrected chi connectivity index (χ3v) is 4.48. The SMILES string of the molecule is CCN1CCN(C(=O)CC(=O)Nc2cc(C(=O)OC)ccc2Cl)CC1. The number of carbonyl (C=O) groups is 3. The molecule has 0 bridgehead atoms. The zero-order chi connectivity index (χ0) is 18.4. The maximum atomic E-state index is 12.2. The monoisotopic (exact) mass is 367 g/mol. The fraction of sp³-hybridized carbons (Fsp3) is 0.471. The van der Waals surface area contributed by atoms with E-state index in [1.54, 1.807) is 4.90 Å². The molecular weight excluding hydrogens is 346 g/mol. The first-order chi connectivity index (χ1) is 11.9. The van der Waals surface area contributed by atoms with Gasteiger partial charge in [-0.1, -0.05) is 18.5 Å². The van der Waals surface area contributed by atoms with E-state index in [4.69, 9.17) is 11.6 Å². The number of likely N-dealkylation sites (N-methyl/N-ethyl adjacent to an activating group) is 1. The highest BCUT2D eigenvalue weighted by Crippen LogP contribution is 2.23. The Kier molecular flexibility index (Phi) is 6.78. The molecular formula is C17H22ClN3O4. The summed E-state index contributed by atoms with van der Waals surface area (Å²) in [7, 11) is 1.27. The molecule has 136 valence electrons. The molecule has 1 heterocycles. The average Bonchev–Trinajstić information content (AvgIpc) is 2.62. The fourth-order valence-corrected chi connectivity index (χ4v) is 2.79. The zero-order valence-corrected chi connectivity index (χ0v) is 15.1. The van der Waals surface area contributed by atoms with Crippen molar-refractivity contribution in [1.29, 1.82) is 0 Å². The van der Waals surface area contributed by atoms with E-state index in [2.05, 4.69) is 21.9 Å². The van der Waals surface area contributed by atoms with Crippen molar-refractivity contribution < 1.29 is 19.1 Å². The number of benzene rings is 1. The van der Waals surface area contributed by atoms with Crippen LogP contribution < -0.4 is 5.32 Å². The molecule has 1 fully saturated rings. The van der Waals surface area contributed by atoms with Gasteiger partial charge in [-0.15, -0.1) is 0 Å². The number of halogens is 1. The smallest absolute Gasteiger partial charge is 0.337 e. The average molecular weight is 368 g/mol. The second-order valence-electron chi connectivity index (χ2n) is 5.73. The number of nitrogens with one attached hydrogen (secondary N) is 1. The van der Waals surface area contributed by atoms with E-state index in [1.807, 2.05) is 0 Å². The lowest BCUT2D eigenvalue weighted by molar-refractivity contribution is -0.136. The summed E-state index contributed by atoms with van der Waals surface area (Å²) >= 11 is 6.04. The highest BCUT2D eigenvalue weighted by molar-refractivity contribution is 6.34. The standard InChI is InChI=1S/C17H22ClN3O4/c1-3-20-6-8-21(9-7-20)16(23)11-15(22)19-14-10-12(17(24)25-2)4-5-13(14)18/h4-5,10H,3,6-9,11H2,1-2H3,(H,19,22). The molecule has 2 rings (SSSR count). The molecule has 0 aliphatic carbocycles. The summed E-state index contributed by atoms with van der Waals surface area (Å²) in [6.07, 6.45) is -0.259. The molecule has 0 atom stereocenters. The van der Waals surface area contributed by atoms with Gasteiger partial charge in [0.2, 0.25) is 11.8 Å². The number of hydrogen-bond donors (Lipinski definition) is 1. The third kappa shape index (κ3) is 5.17. The molecule has 1 aliphatic rings. The maximum Gasteiger partial charge on any atom is 0.337 e. The summed E-state index contributed by atoms with van der Waals surface area (Å²) in [5.74, 6) is -1.21. The Morgan fingerprint density at radius 3 is 2.48 bits per heavy atom. The summed E-state index contributed by atoms with van der Waals surface area (Å²) in [6, 6.07) is 4.42. The molecule has 7 nitrogen and oxygen atoms in total. The van der Waals surface area contributed by atoms with E-state index < -0.39 is 11.9 Å². The van der Waals surface area contributed by atoms with Crippen LogP contribution >= 0.6 is 11.6 Å². The van der Waals surface area contributed by atoms with Gasteiger partial charge in [0, 0.05) is 26.2 Å². The molecule has 1 aliphatic heterocycles. The van der Waals surface area contributed by atoms with E-state index >= 15 is 0 Å². The highest BCUT2D eigenvalue weighted by Gasteiger charge is 2.22. The topological polar surface area (TPSA) is 79.0 Å². The van der Waals surface area contributed by atoms with Crippen molar-refractivity contribution in [2.45, 2.75) is 13.3 Å². The van der Waals surface area contributed by atoms with Crippen molar-refractivity contribution in [3.63, 3.8) is 0 Å². The molecule has 25 heavy (non-hydrogen) atoms. The Labute approximate surface area is 151 Å². The van der Waals surface area contributed by atoms with Crippen LogP contribution in [-0.2, 0) is 14.3 Å². The van der Waals surface area contributed by atoms with E-state index in [-0.39, 0.29) is 28.6 Å². The van der Waals surface area contributed by atoms with E-state index in [0.29, 0.717) is 13.1 Å². The molecule has 0 spiro atoms. The van der Waals surface area contributed by atoms with Crippen molar-refractivity contribution >= 4 is 35.1 Å². The van der Waals surface area contributed by atoms with Crippen LogP contribution in [0.3, 0.4) is 0 Å². The predicted molar refractivity (Wildman–Crippen MR) is 94.7 cm³/mol. The Hall–Kier alpha value is -2.12. The summed E-state index contributed by atoms with van der Waals surface area (Å²) in [5.41, 5.74) is 0.544. The van der Waals surface area contributed by atoms with Gasteiger partial charge < -0.3 is 19.9 Å². The molecule has 0 aromatic heterocycles. The third-order valence-electron chi connectivity index (χ3n) is 4.15. The Morgan fingerprint density at radius 1 is 1.20 bits per heavy atom. The van der Waals surface area contributed by atoms with Crippen LogP contribution in [0.15, 0.2) is 18.2 Å². The number of esters is 1. The molecule has 1 saturated heterocycles. The van der Waals surface area contributed by atoms with Gasteiger partial charge in [-0.25, -0.2) is 4.79 Å². The van der Waals surface area contributed by atoms with Crippen molar-refractivity contribution in [1.82, 2.24) is 9.80 Å². The summed E-state index contributed by atoms with van der Waals surface area (Å²) in [4.78, 5) is 39.9.